The highest BCUT2D eigenvalue weighted by Gasteiger charge is 2.47. The Bertz CT molecular complexity index is 1530. The number of allylic oxidation sites excluding steroid dienone is 3. The van der Waals surface area contributed by atoms with Crippen molar-refractivity contribution in [3.05, 3.63) is 46.5 Å². The van der Waals surface area contributed by atoms with Crippen molar-refractivity contribution in [3.63, 3.8) is 0 Å². The summed E-state index contributed by atoms with van der Waals surface area (Å²) in [5.74, 6) is -1.42. The number of nitrogens with zero attached hydrogens (tertiary/aromatic N) is 2. The maximum atomic E-state index is 13.9. The van der Waals surface area contributed by atoms with Crippen LogP contribution in [0.4, 0.5) is 10.5 Å². The molecule has 1 saturated heterocycles. The number of halogens is 1. The molecule has 0 radical (unpaired) electrons. The first-order valence-electron chi connectivity index (χ1n) is 17.0. The zero-order valence-corrected chi connectivity index (χ0v) is 32.9. The van der Waals surface area contributed by atoms with Gasteiger partial charge >= 0.3 is 12.1 Å². The number of nitrogens with one attached hydrogen (secondary N) is 2. The minimum Gasteiger partial charge on any atom is -0.495 e. The number of ether oxygens (including phenoxy) is 4. The molecule has 0 saturated carbocycles. The summed E-state index contributed by atoms with van der Waals surface area (Å²) in [5, 5.41) is 28.6. The van der Waals surface area contributed by atoms with E-state index in [-0.39, 0.29) is 23.8 Å². The van der Waals surface area contributed by atoms with E-state index in [1.54, 1.807) is 31.2 Å². The quantitative estimate of drug-likeness (QED) is 0.193. The van der Waals surface area contributed by atoms with Crippen LogP contribution in [0.2, 0.25) is 5.02 Å². The minimum absolute atomic E-state index is 0.138. The summed E-state index contributed by atoms with van der Waals surface area (Å²) < 4.78 is 21.9. The van der Waals surface area contributed by atoms with Gasteiger partial charge in [0, 0.05) is 44.8 Å². The van der Waals surface area contributed by atoms with Crippen LogP contribution in [0.1, 0.15) is 65.9 Å². The Balaban J connectivity index is 2.04. The number of carbonyl (C=O) groups is 4. The van der Waals surface area contributed by atoms with Crippen molar-refractivity contribution in [2.75, 3.05) is 33.2 Å². The second kappa shape index (κ2) is 18.1. The van der Waals surface area contributed by atoms with Gasteiger partial charge in [0.25, 0.3) is 0 Å². The molecule has 2 aliphatic heterocycles. The van der Waals surface area contributed by atoms with E-state index >= 15 is 0 Å². The molecule has 1 aromatic carbocycles. The van der Waals surface area contributed by atoms with Crippen LogP contribution in [0.5, 0.6) is 5.75 Å². The average Bonchev–Trinajstić information content (AvgIpc) is 3.06. The molecule has 14 nitrogen and oxygen atoms in total. The van der Waals surface area contributed by atoms with Crippen LogP contribution in [-0.4, -0.2) is 114 Å². The Labute approximate surface area is 316 Å². The maximum absolute atomic E-state index is 13.9. The van der Waals surface area contributed by atoms with Crippen LogP contribution in [0.25, 0.3) is 0 Å². The summed E-state index contributed by atoms with van der Waals surface area (Å²) in [6, 6.07) is 1.58. The number of amides is 3. The number of anilines is 1. The molecule has 0 spiro atoms. The van der Waals surface area contributed by atoms with Gasteiger partial charge in [-0.15, -0.1) is 0 Å². The van der Waals surface area contributed by atoms with Crippen LogP contribution in [0.3, 0.4) is 0 Å². The van der Waals surface area contributed by atoms with Gasteiger partial charge in [-0.05, 0) is 51.3 Å². The highest BCUT2D eigenvalue weighted by molar-refractivity contribution is 7.81. The molecule has 1 fully saturated rings. The van der Waals surface area contributed by atoms with Crippen LogP contribution < -0.4 is 20.3 Å². The first-order chi connectivity index (χ1) is 24.2. The monoisotopic (exact) mass is 768 g/mol. The number of carbonyl (C=O) groups excluding carboxylic acids is 4. The number of hydrogen-bond donors (Lipinski definition) is 5. The average molecular weight is 769 g/mol. The van der Waals surface area contributed by atoms with E-state index < -0.39 is 71.5 Å². The van der Waals surface area contributed by atoms with Gasteiger partial charge in [-0.1, -0.05) is 49.2 Å². The standard InChI is InChI=1S/C36H53ClN4O10S/c1-20-11-10-12-28(49-9)36(47)19-27(51-34(46)39-36)21(2)38-32(44)26(50-33(45)22(3)40(6)29(42)13-14-35(4,5)52)18-30(43)41(7)24-16-23(15-20)17-25(48-8)31(24)37/h10-12,16-17,21-22,26-28,32,38,44,47,52H,13-15,18-19H2,1-9H3,(H,39,46)/b12-10+,20-11+/t21-,22+,26?,27?,28-,32?,36+/m1/s1. The molecule has 2 aliphatic rings. The third-order valence-corrected chi connectivity index (χ3v) is 9.86. The van der Waals surface area contributed by atoms with Crippen molar-refractivity contribution in [3.8, 4) is 5.75 Å². The number of methoxy groups -OCH3 is 2. The van der Waals surface area contributed by atoms with Crippen molar-refractivity contribution in [2.45, 2.75) is 114 Å². The number of fused-ring (bicyclic) bond motifs is 4. The highest BCUT2D eigenvalue weighted by atomic mass is 35.5. The number of esters is 1. The van der Waals surface area contributed by atoms with Crippen LogP contribution >= 0.6 is 24.2 Å². The first kappa shape index (κ1) is 43.1. The van der Waals surface area contributed by atoms with E-state index in [1.165, 1.54) is 45.0 Å². The lowest BCUT2D eigenvalue weighted by molar-refractivity contribution is -0.167. The van der Waals surface area contributed by atoms with Crippen LogP contribution in [0.15, 0.2) is 35.9 Å². The van der Waals surface area contributed by atoms with Crippen LogP contribution in [0, 0.1) is 0 Å². The van der Waals surface area contributed by atoms with Gasteiger partial charge in [0.05, 0.1) is 19.2 Å². The largest absolute Gasteiger partial charge is 0.495 e. The van der Waals surface area contributed by atoms with E-state index in [0.29, 0.717) is 24.3 Å². The number of alkyl carbamates (subject to hydrolysis) is 1. The van der Waals surface area contributed by atoms with Gasteiger partial charge < -0.3 is 39.0 Å². The summed E-state index contributed by atoms with van der Waals surface area (Å²) in [6.45, 7) is 8.73. The number of thiol groups is 1. The molecule has 290 valence electrons. The SMILES string of the molecule is COc1cc2cc(c1Cl)N(C)C(=O)CC(OC(=O)[C@H](C)N(C)C(=O)CCC(C)(C)S)C(O)N[C@H](C)C1C[C@@](O)(NC(=O)O1)[C@H](OC)/C=C/C=C(\C)C2. The van der Waals surface area contributed by atoms with Crippen molar-refractivity contribution >= 4 is 53.8 Å². The Morgan fingerprint density at radius 1 is 1.27 bits per heavy atom. The number of benzene rings is 1. The molecular formula is C36H53ClN4O10S. The smallest absolute Gasteiger partial charge is 0.409 e. The summed E-state index contributed by atoms with van der Waals surface area (Å²) in [4.78, 5) is 55.5. The van der Waals surface area contributed by atoms with E-state index in [1.807, 2.05) is 26.8 Å². The number of hydrogen-bond acceptors (Lipinski definition) is 12. The zero-order chi connectivity index (χ0) is 39.1. The zero-order valence-electron chi connectivity index (χ0n) is 31.3. The topological polar surface area (TPSA) is 176 Å². The Morgan fingerprint density at radius 2 is 1.94 bits per heavy atom. The van der Waals surface area contributed by atoms with Gasteiger partial charge in [0.1, 0.15) is 41.4 Å². The number of aliphatic hydroxyl groups excluding tert-OH is 1. The van der Waals surface area contributed by atoms with E-state index in [2.05, 4.69) is 23.3 Å². The minimum atomic E-state index is -1.89. The number of rotatable bonds is 8. The third kappa shape index (κ3) is 11.3. The molecule has 3 amide bonds. The van der Waals surface area contributed by atoms with Crippen molar-refractivity contribution in [1.29, 1.82) is 0 Å². The molecule has 4 bridgehead atoms. The van der Waals surface area contributed by atoms with Gasteiger partial charge in [-0.25, -0.2) is 9.59 Å². The predicted octanol–water partition coefficient (Wildman–Crippen LogP) is 3.51. The Hall–Kier alpha value is -3.34. The molecule has 7 atom stereocenters. The number of likely N-dealkylation sites (N-methyl/N-ethyl adjacent to an activating group) is 1. The van der Waals surface area contributed by atoms with Crippen molar-refractivity contribution in [1.82, 2.24) is 15.5 Å². The fourth-order valence-electron chi connectivity index (χ4n) is 5.83. The van der Waals surface area contributed by atoms with Gasteiger partial charge in [0.15, 0.2) is 5.72 Å². The Morgan fingerprint density at radius 3 is 2.56 bits per heavy atom. The molecule has 0 aliphatic carbocycles. The lowest BCUT2D eigenvalue weighted by Crippen LogP contribution is -2.65. The fourth-order valence-corrected chi connectivity index (χ4v) is 6.26. The normalized spacial score (nSPS) is 28.4. The van der Waals surface area contributed by atoms with Gasteiger partial charge in [0.2, 0.25) is 11.8 Å². The second-order valence-electron chi connectivity index (χ2n) is 14.1. The van der Waals surface area contributed by atoms with E-state index in [4.69, 9.17) is 30.5 Å². The number of aliphatic hydroxyl groups is 2. The molecule has 3 unspecified atom stereocenters. The molecule has 1 aromatic rings. The van der Waals surface area contributed by atoms with E-state index in [0.717, 1.165) is 11.1 Å². The molecule has 52 heavy (non-hydrogen) atoms. The molecule has 4 N–H and O–H groups in total. The highest BCUT2D eigenvalue weighted by Crippen LogP contribution is 2.37. The van der Waals surface area contributed by atoms with Gasteiger partial charge in [-0.3, -0.25) is 20.2 Å². The first-order valence-corrected chi connectivity index (χ1v) is 17.9. The summed E-state index contributed by atoms with van der Waals surface area (Å²) in [7, 11) is 5.82. The lowest BCUT2D eigenvalue weighted by atomic mass is 9.93. The molecule has 2 heterocycles. The molecule has 0 aromatic heterocycles. The van der Waals surface area contributed by atoms with Crippen LogP contribution in [-0.2, 0) is 35.0 Å². The second-order valence-corrected chi connectivity index (χ2v) is 15.7. The van der Waals surface area contributed by atoms with Gasteiger partial charge in [-0.2, -0.15) is 12.6 Å². The maximum Gasteiger partial charge on any atom is 0.409 e. The summed E-state index contributed by atoms with van der Waals surface area (Å²) >= 11 is 11.2. The van der Waals surface area contributed by atoms with Crippen molar-refractivity contribution in [2.24, 2.45) is 0 Å². The molecule has 16 heteroatoms. The molecular weight excluding hydrogens is 716 g/mol. The van der Waals surface area contributed by atoms with E-state index in [9.17, 15) is 29.4 Å². The molecule has 3 rings (SSSR count). The summed E-state index contributed by atoms with van der Waals surface area (Å²) in [5.41, 5.74) is 0.0874. The summed E-state index contributed by atoms with van der Waals surface area (Å²) in [6.07, 6.45) is -0.597. The third-order valence-electron chi connectivity index (χ3n) is 9.25. The predicted molar refractivity (Wildman–Crippen MR) is 199 cm³/mol. The fraction of sp³-hybridized carbons (Fsp3) is 0.611. The Kier molecular flexibility index (Phi) is 15.0. The lowest BCUT2D eigenvalue weighted by Gasteiger charge is -2.42. The van der Waals surface area contributed by atoms with Crippen molar-refractivity contribution < 1.29 is 48.3 Å².